The maximum atomic E-state index is 10.5. The molecule has 0 saturated heterocycles. The Morgan fingerprint density at radius 2 is 2.27 bits per heavy atom. The van der Waals surface area contributed by atoms with Gasteiger partial charge in [0, 0.05) is 13.5 Å². The molecule has 0 unspecified atom stereocenters. The number of hydrogen-bond donors (Lipinski definition) is 2. The van der Waals surface area contributed by atoms with Crippen LogP contribution < -0.4 is 11.1 Å². The minimum absolute atomic E-state index is 0.0421. The summed E-state index contributed by atoms with van der Waals surface area (Å²) in [6.45, 7) is 5.12. The molecule has 0 bridgehead atoms. The smallest absolute Gasteiger partial charge is 0.216 e. The predicted molar refractivity (Wildman–Crippen MR) is 46.1 cm³/mol. The van der Waals surface area contributed by atoms with Crippen LogP contribution >= 0.6 is 0 Å². The second-order valence-corrected chi connectivity index (χ2v) is 2.79. The summed E-state index contributed by atoms with van der Waals surface area (Å²) in [5.41, 5.74) is 5.40. The average molecular weight is 158 g/mol. The molecule has 3 N–H and O–H groups in total. The van der Waals surface area contributed by atoms with Crippen molar-refractivity contribution < 1.29 is 4.79 Å². The van der Waals surface area contributed by atoms with E-state index in [0.29, 0.717) is 12.5 Å². The zero-order valence-corrected chi connectivity index (χ0v) is 7.39. The molecule has 0 aliphatic rings. The number of carbonyl (C=O) groups excluding carboxylic acids is 1. The van der Waals surface area contributed by atoms with Crippen molar-refractivity contribution in [3.63, 3.8) is 0 Å². The standard InChI is InChI=1S/C8H18N2O/c1-3-8(4-5-9)6-10-7(2)11/h8H,3-6,9H2,1-2H3,(H,10,11)/t8-/m0/s1. The van der Waals surface area contributed by atoms with E-state index < -0.39 is 0 Å². The Morgan fingerprint density at radius 3 is 2.64 bits per heavy atom. The lowest BCUT2D eigenvalue weighted by atomic mass is 10.0. The first-order chi connectivity index (χ1) is 5.20. The molecule has 0 aliphatic carbocycles. The van der Waals surface area contributed by atoms with Gasteiger partial charge in [0.25, 0.3) is 0 Å². The minimum Gasteiger partial charge on any atom is -0.356 e. The number of carbonyl (C=O) groups is 1. The van der Waals surface area contributed by atoms with Crippen LogP contribution in [0.3, 0.4) is 0 Å². The van der Waals surface area contributed by atoms with Crippen molar-refractivity contribution in [1.29, 1.82) is 0 Å². The van der Waals surface area contributed by atoms with Gasteiger partial charge in [-0.05, 0) is 18.9 Å². The fourth-order valence-electron chi connectivity index (χ4n) is 0.974. The number of nitrogens with two attached hydrogens (primary N) is 1. The molecule has 0 aliphatic heterocycles. The molecule has 0 heterocycles. The first-order valence-electron chi connectivity index (χ1n) is 4.15. The van der Waals surface area contributed by atoms with Gasteiger partial charge in [0.1, 0.15) is 0 Å². The molecule has 3 heteroatoms. The van der Waals surface area contributed by atoms with E-state index >= 15 is 0 Å². The van der Waals surface area contributed by atoms with E-state index in [1.807, 2.05) is 0 Å². The van der Waals surface area contributed by atoms with E-state index in [2.05, 4.69) is 12.2 Å². The molecule has 0 fully saturated rings. The molecule has 1 amide bonds. The third-order valence-corrected chi connectivity index (χ3v) is 1.79. The number of amides is 1. The fraction of sp³-hybridized carbons (Fsp3) is 0.875. The van der Waals surface area contributed by atoms with Crippen molar-refractivity contribution in [1.82, 2.24) is 5.32 Å². The maximum Gasteiger partial charge on any atom is 0.216 e. The van der Waals surface area contributed by atoms with Crippen LogP contribution in [0.5, 0.6) is 0 Å². The normalized spacial score (nSPS) is 12.6. The number of hydrogen-bond acceptors (Lipinski definition) is 2. The molecular formula is C8H18N2O. The maximum absolute atomic E-state index is 10.5. The molecule has 0 aromatic carbocycles. The van der Waals surface area contributed by atoms with Crippen LogP contribution in [0.2, 0.25) is 0 Å². The summed E-state index contributed by atoms with van der Waals surface area (Å²) >= 11 is 0. The third kappa shape index (κ3) is 5.85. The lowest BCUT2D eigenvalue weighted by Crippen LogP contribution is -2.27. The van der Waals surface area contributed by atoms with Gasteiger partial charge in [-0.25, -0.2) is 0 Å². The third-order valence-electron chi connectivity index (χ3n) is 1.79. The molecule has 0 rings (SSSR count). The average Bonchev–Trinajstić information content (AvgIpc) is 1.97. The summed E-state index contributed by atoms with van der Waals surface area (Å²) in [6.07, 6.45) is 2.08. The molecule has 66 valence electrons. The van der Waals surface area contributed by atoms with E-state index in [1.54, 1.807) is 0 Å². The fourth-order valence-corrected chi connectivity index (χ4v) is 0.974. The summed E-state index contributed by atoms with van der Waals surface area (Å²) in [5.74, 6) is 0.587. The predicted octanol–water partition coefficient (Wildman–Crippen LogP) is 0.497. The van der Waals surface area contributed by atoms with Crippen molar-refractivity contribution in [3.05, 3.63) is 0 Å². The Labute approximate surface area is 68.3 Å². The Kier molecular flexibility index (Phi) is 5.84. The Balaban J connectivity index is 3.43. The van der Waals surface area contributed by atoms with E-state index in [1.165, 1.54) is 6.92 Å². The summed E-state index contributed by atoms with van der Waals surface area (Å²) < 4.78 is 0. The first kappa shape index (κ1) is 10.4. The lowest BCUT2D eigenvalue weighted by Gasteiger charge is -2.13. The summed E-state index contributed by atoms with van der Waals surface area (Å²) in [7, 11) is 0. The summed E-state index contributed by atoms with van der Waals surface area (Å²) in [4.78, 5) is 10.5. The SMILES string of the molecule is CC[C@@H](CCN)CNC(C)=O. The van der Waals surface area contributed by atoms with Crippen molar-refractivity contribution in [2.75, 3.05) is 13.1 Å². The van der Waals surface area contributed by atoms with Crippen LogP contribution in [0.1, 0.15) is 26.7 Å². The highest BCUT2D eigenvalue weighted by Gasteiger charge is 2.04. The van der Waals surface area contributed by atoms with Crippen LogP contribution in [0.4, 0.5) is 0 Å². The molecular weight excluding hydrogens is 140 g/mol. The summed E-state index contributed by atoms with van der Waals surface area (Å²) in [5, 5.41) is 2.79. The number of nitrogens with one attached hydrogen (secondary N) is 1. The van der Waals surface area contributed by atoms with Gasteiger partial charge in [0.2, 0.25) is 5.91 Å². The first-order valence-corrected chi connectivity index (χ1v) is 4.15. The van der Waals surface area contributed by atoms with Gasteiger partial charge in [0.05, 0.1) is 0 Å². The quantitative estimate of drug-likeness (QED) is 0.612. The van der Waals surface area contributed by atoms with Gasteiger partial charge < -0.3 is 11.1 Å². The second kappa shape index (κ2) is 6.16. The molecule has 0 spiro atoms. The van der Waals surface area contributed by atoms with Crippen LogP contribution in [-0.2, 0) is 4.79 Å². The molecule has 0 aromatic heterocycles. The molecule has 3 nitrogen and oxygen atoms in total. The zero-order chi connectivity index (χ0) is 8.69. The topological polar surface area (TPSA) is 55.1 Å². The van der Waals surface area contributed by atoms with E-state index in [4.69, 9.17) is 5.73 Å². The molecule has 0 aromatic rings. The highest BCUT2D eigenvalue weighted by atomic mass is 16.1. The van der Waals surface area contributed by atoms with Gasteiger partial charge in [-0.2, -0.15) is 0 Å². The van der Waals surface area contributed by atoms with E-state index in [9.17, 15) is 4.79 Å². The minimum atomic E-state index is 0.0421. The summed E-state index contributed by atoms with van der Waals surface area (Å²) in [6, 6.07) is 0. The van der Waals surface area contributed by atoms with Crippen LogP contribution in [0.25, 0.3) is 0 Å². The molecule has 0 saturated carbocycles. The Morgan fingerprint density at radius 1 is 1.64 bits per heavy atom. The lowest BCUT2D eigenvalue weighted by molar-refractivity contribution is -0.119. The number of rotatable bonds is 5. The van der Waals surface area contributed by atoms with E-state index in [-0.39, 0.29) is 5.91 Å². The van der Waals surface area contributed by atoms with Gasteiger partial charge >= 0.3 is 0 Å². The van der Waals surface area contributed by atoms with Crippen LogP contribution in [0, 0.1) is 5.92 Å². The zero-order valence-electron chi connectivity index (χ0n) is 7.39. The van der Waals surface area contributed by atoms with Gasteiger partial charge in [-0.1, -0.05) is 13.3 Å². The van der Waals surface area contributed by atoms with Crippen molar-refractivity contribution in [2.45, 2.75) is 26.7 Å². The van der Waals surface area contributed by atoms with Gasteiger partial charge in [-0.3, -0.25) is 4.79 Å². The molecule has 0 radical (unpaired) electrons. The van der Waals surface area contributed by atoms with E-state index in [0.717, 1.165) is 19.4 Å². The Hall–Kier alpha value is -0.570. The Bertz CT molecular complexity index is 115. The molecule has 1 atom stereocenters. The van der Waals surface area contributed by atoms with Crippen molar-refractivity contribution >= 4 is 5.91 Å². The van der Waals surface area contributed by atoms with Gasteiger partial charge in [0.15, 0.2) is 0 Å². The van der Waals surface area contributed by atoms with Crippen molar-refractivity contribution in [3.8, 4) is 0 Å². The highest BCUT2D eigenvalue weighted by molar-refractivity contribution is 5.72. The van der Waals surface area contributed by atoms with Crippen molar-refractivity contribution in [2.24, 2.45) is 11.7 Å². The molecule has 11 heavy (non-hydrogen) atoms. The highest BCUT2D eigenvalue weighted by Crippen LogP contribution is 2.04. The van der Waals surface area contributed by atoms with Crippen LogP contribution in [0.15, 0.2) is 0 Å². The largest absolute Gasteiger partial charge is 0.356 e. The monoisotopic (exact) mass is 158 g/mol. The van der Waals surface area contributed by atoms with Gasteiger partial charge in [-0.15, -0.1) is 0 Å². The second-order valence-electron chi connectivity index (χ2n) is 2.79. The van der Waals surface area contributed by atoms with Crippen LogP contribution in [-0.4, -0.2) is 19.0 Å².